The van der Waals surface area contributed by atoms with Gasteiger partial charge in [-0.25, -0.2) is 0 Å². The third kappa shape index (κ3) is 4.07. The van der Waals surface area contributed by atoms with Gasteiger partial charge in [0.15, 0.2) is 0 Å². The maximum absolute atomic E-state index is 11.9. The molecule has 0 aromatic rings. The van der Waals surface area contributed by atoms with Crippen molar-refractivity contribution in [2.75, 3.05) is 0 Å². The SMILES string of the molecule is CC(=O)OC1CCC2(C)C3CCC4(C)C(CCC4[C@H](C)CCCC(C)C)C3CC[C@@]2(O)C1. The first-order chi connectivity index (χ1) is 15.0. The van der Waals surface area contributed by atoms with Gasteiger partial charge in [0.1, 0.15) is 6.10 Å². The van der Waals surface area contributed by atoms with Crippen LogP contribution < -0.4 is 0 Å². The van der Waals surface area contributed by atoms with E-state index in [-0.39, 0.29) is 17.5 Å². The number of aliphatic hydroxyl groups is 1. The van der Waals surface area contributed by atoms with Crippen molar-refractivity contribution in [3.63, 3.8) is 0 Å². The summed E-state index contributed by atoms with van der Waals surface area (Å²) in [5.74, 6) is 4.59. The van der Waals surface area contributed by atoms with Crippen LogP contribution in [-0.2, 0) is 9.53 Å². The third-order valence-electron chi connectivity index (χ3n) is 11.3. The number of ether oxygens (including phenoxy) is 1. The zero-order chi connectivity index (χ0) is 23.3. The molecule has 0 aliphatic heterocycles. The lowest BCUT2D eigenvalue weighted by molar-refractivity contribution is -0.224. The molecular formula is C29H50O3. The van der Waals surface area contributed by atoms with Crippen molar-refractivity contribution in [3.8, 4) is 0 Å². The maximum Gasteiger partial charge on any atom is 0.302 e. The van der Waals surface area contributed by atoms with E-state index in [1.54, 1.807) is 0 Å². The minimum absolute atomic E-state index is 0.0190. The second-order valence-corrected chi connectivity index (χ2v) is 13.4. The first-order valence-corrected chi connectivity index (χ1v) is 13.9. The van der Waals surface area contributed by atoms with Crippen LogP contribution in [0.1, 0.15) is 119 Å². The van der Waals surface area contributed by atoms with Gasteiger partial charge in [-0.3, -0.25) is 4.79 Å². The number of hydrogen-bond acceptors (Lipinski definition) is 3. The summed E-state index contributed by atoms with van der Waals surface area (Å²) in [6, 6.07) is 0. The maximum atomic E-state index is 11.9. The van der Waals surface area contributed by atoms with E-state index in [0.29, 0.717) is 17.8 Å². The highest BCUT2D eigenvalue weighted by molar-refractivity contribution is 5.66. The zero-order valence-electron chi connectivity index (χ0n) is 21.8. The smallest absolute Gasteiger partial charge is 0.302 e. The van der Waals surface area contributed by atoms with Crippen LogP contribution in [0.4, 0.5) is 0 Å². The number of rotatable bonds is 6. The Morgan fingerprint density at radius 2 is 1.72 bits per heavy atom. The lowest BCUT2D eigenvalue weighted by Crippen LogP contribution is -2.63. The van der Waals surface area contributed by atoms with Crippen molar-refractivity contribution in [3.05, 3.63) is 0 Å². The predicted molar refractivity (Wildman–Crippen MR) is 130 cm³/mol. The van der Waals surface area contributed by atoms with Gasteiger partial charge in [-0.1, -0.05) is 53.9 Å². The number of esters is 1. The fourth-order valence-corrected chi connectivity index (χ4v) is 9.57. The van der Waals surface area contributed by atoms with E-state index >= 15 is 0 Å². The van der Waals surface area contributed by atoms with Crippen molar-refractivity contribution in [2.45, 2.75) is 130 Å². The molecule has 0 saturated heterocycles. The van der Waals surface area contributed by atoms with E-state index in [4.69, 9.17) is 4.74 Å². The van der Waals surface area contributed by atoms with E-state index in [9.17, 15) is 9.90 Å². The molecule has 0 bridgehead atoms. The van der Waals surface area contributed by atoms with Crippen molar-refractivity contribution < 1.29 is 14.6 Å². The lowest BCUT2D eigenvalue weighted by atomic mass is 9.43. The Bertz CT molecular complexity index is 688. The molecule has 0 aromatic heterocycles. The van der Waals surface area contributed by atoms with Crippen molar-refractivity contribution in [1.29, 1.82) is 0 Å². The molecule has 0 heterocycles. The van der Waals surface area contributed by atoms with Crippen molar-refractivity contribution in [1.82, 2.24) is 0 Å². The number of fused-ring (bicyclic) bond motifs is 5. The van der Waals surface area contributed by atoms with E-state index in [1.807, 2.05) is 0 Å². The summed E-state index contributed by atoms with van der Waals surface area (Å²) in [5.41, 5.74) is -0.184. The number of hydrogen-bond donors (Lipinski definition) is 1. The van der Waals surface area contributed by atoms with Gasteiger partial charge in [0.05, 0.1) is 5.60 Å². The molecule has 4 saturated carbocycles. The molecule has 4 rings (SSSR count). The second kappa shape index (κ2) is 8.90. The minimum atomic E-state index is -0.664. The van der Waals surface area contributed by atoms with Crippen LogP contribution in [0, 0.1) is 46.3 Å². The molecule has 3 nitrogen and oxygen atoms in total. The second-order valence-electron chi connectivity index (χ2n) is 13.4. The Balaban J connectivity index is 1.47. The topological polar surface area (TPSA) is 46.5 Å². The fourth-order valence-electron chi connectivity index (χ4n) is 9.57. The van der Waals surface area contributed by atoms with Crippen LogP contribution in [0.5, 0.6) is 0 Å². The molecule has 0 aromatic carbocycles. The number of carbonyl (C=O) groups excluding carboxylic acids is 1. The molecule has 184 valence electrons. The van der Waals surface area contributed by atoms with E-state index < -0.39 is 5.60 Å². The first kappa shape index (κ1) is 24.6. The molecule has 7 unspecified atom stereocenters. The number of carbonyl (C=O) groups is 1. The standard InChI is InChI=1S/C29H50O3/c1-19(2)8-7-9-20(3)24-10-11-25-23-13-17-29(31)18-22(32-21(4)30)12-16-28(29,6)26(23)14-15-27(24,25)5/h19-20,22-26,31H,7-18H2,1-6H3/t20-,22?,23?,24?,25?,26?,27?,28?,29-/m1/s1. The molecule has 0 radical (unpaired) electrons. The van der Waals surface area contributed by atoms with Gasteiger partial charge in [-0.05, 0) is 97.7 Å². The Morgan fingerprint density at radius 1 is 0.969 bits per heavy atom. The van der Waals surface area contributed by atoms with E-state index in [2.05, 4.69) is 34.6 Å². The third-order valence-corrected chi connectivity index (χ3v) is 11.3. The van der Waals surface area contributed by atoms with Crippen molar-refractivity contribution >= 4 is 5.97 Å². The van der Waals surface area contributed by atoms with E-state index in [0.717, 1.165) is 55.3 Å². The predicted octanol–water partition coefficient (Wildman–Crippen LogP) is 7.15. The van der Waals surface area contributed by atoms with Gasteiger partial charge in [0.2, 0.25) is 0 Å². The average Bonchev–Trinajstić information content (AvgIpc) is 3.05. The summed E-state index contributed by atoms with van der Waals surface area (Å²) in [4.78, 5) is 11.5. The molecule has 32 heavy (non-hydrogen) atoms. The summed E-state index contributed by atoms with van der Waals surface area (Å²) < 4.78 is 5.56. The molecule has 3 heteroatoms. The summed E-state index contributed by atoms with van der Waals surface area (Å²) in [6.07, 6.45) is 14.1. The van der Waals surface area contributed by atoms with E-state index in [1.165, 1.54) is 51.9 Å². The molecular weight excluding hydrogens is 396 g/mol. The normalized spacial score (nSPS) is 46.8. The van der Waals surface area contributed by atoms with Crippen LogP contribution in [0.2, 0.25) is 0 Å². The monoisotopic (exact) mass is 446 g/mol. The Morgan fingerprint density at radius 3 is 2.41 bits per heavy atom. The van der Waals surface area contributed by atoms with Crippen LogP contribution >= 0.6 is 0 Å². The summed E-state index contributed by atoms with van der Waals surface area (Å²) in [6.45, 7) is 13.8. The quantitative estimate of drug-likeness (QED) is 0.440. The van der Waals surface area contributed by atoms with Gasteiger partial charge in [0.25, 0.3) is 0 Å². The molecule has 0 spiro atoms. The Kier molecular flexibility index (Phi) is 6.83. The largest absolute Gasteiger partial charge is 0.462 e. The first-order valence-electron chi connectivity index (χ1n) is 13.9. The van der Waals surface area contributed by atoms with Gasteiger partial charge in [0, 0.05) is 13.3 Å². The molecule has 1 N–H and O–H groups in total. The summed E-state index contributed by atoms with van der Waals surface area (Å²) in [7, 11) is 0. The summed E-state index contributed by atoms with van der Waals surface area (Å²) >= 11 is 0. The van der Waals surface area contributed by atoms with Gasteiger partial charge < -0.3 is 9.84 Å². The van der Waals surface area contributed by atoms with Crippen molar-refractivity contribution in [2.24, 2.45) is 46.3 Å². The van der Waals surface area contributed by atoms with Gasteiger partial charge in [-0.15, -0.1) is 0 Å². The lowest BCUT2D eigenvalue weighted by Gasteiger charge is -2.64. The molecule has 4 aliphatic rings. The molecule has 4 aliphatic carbocycles. The van der Waals surface area contributed by atoms with Gasteiger partial charge >= 0.3 is 5.97 Å². The van der Waals surface area contributed by atoms with Crippen LogP contribution in [0.15, 0.2) is 0 Å². The fraction of sp³-hybridized carbons (Fsp3) is 0.966. The minimum Gasteiger partial charge on any atom is -0.462 e. The highest BCUT2D eigenvalue weighted by Gasteiger charge is 2.64. The van der Waals surface area contributed by atoms with Crippen LogP contribution in [-0.4, -0.2) is 22.8 Å². The molecule has 9 atom stereocenters. The Hall–Kier alpha value is -0.570. The molecule has 4 fully saturated rings. The van der Waals surface area contributed by atoms with Crippen LogP contribution in [0.3, 0.4) is 0 Å². The Labute approximate surface area is 197 Å². The average molecular weight is 447 g/mol. The molecule has 0 amide bonds. The van der Waals surface area contributed by atoms with Crippen LogP contribution in [0.25, 0.3) is 0 Å². The highest BCUT2D eigenvalue weighted by Crippen LogP contribution is 2.69. The highest BCUT2D eigenvalue weighted by atomic mass is 16.5. The zero-order valence-corrected chi connectivity index (χ0v) is 21.8. The van der Waals surface area contributed by atoms with Gasteiger partial charge in [-0.2, -0.15) is 0 Å². The summed E-state index contributed by atoms with van der Waals surface area (Å²) in [5, 5.41) is 11.9.